The summed E-state index contributed by atoms with van der Waals surface area (Å²) < 4.78 is 0. The van der Waals surface area contributed by atoms with E-state index in [4.69, 9.17) is 5.11 Å². The monoisotopic (exact) mass is 216 g/mol. The fourth-order valence-electron chi connectivity index (χ4n) is 1.33. The lowest BCUT2D eigenvalue weighted by atomic mass is 10.1. The first kappa shape index (κ1) is 14.4. The largest absolute Gasteiger partial charge is 0.396 e. The number of aliphatic hydroxyl groups excluding tert-OH is 1. The Morgan fingerprint density at radius 3 is 2.60 bits per heavy atom. The van der Waals surface area contributed by atoms with Gasteiger partial charge in [-0.1, -0.05) is 13.8 Å². The molecule has 4 nitrogen and oxygen atoms in total. The molecule has 2 unspecified atom stereocenters. The standard InChI is InChI=1S/C11H24N2O2/c1-9(8-14)5-4-6-13-11(15)10(2)7-12-3/h9-10,12,14H,4-8H2,1-3H3,(H,13,15). The van der Waals surface area contributed by atoms with Crippen LogP contribution in [-0.2, 0) is 4.79 Å². The fourth-order valence-corrected chi connectivity index (χ4v) is 1.33. The van der Waals surface area contributed by atoms with E-state index in [9.17, 15) is 4.79 Å². The maximum atomic E-state index is 11.4. The van der Waals surface area contributed by atoms with Crippen molar-refractivity contribution in [3.8, 4) is 0 Å². The zero-order valence-corrected chi connectivity index (χ0v) is 10.0. The Hall–Kier alpha value is -0.610. The molecule has 0 rings (SSSR count). The van der Waals surface area contributed by atoms with E-state index in [1.165, 1.54) is 0 Å². The molecule has 0 aromatic carbocycles. The molecule has 0 aliphatic heterocycles. The third kappa shape index (κ3) is 7.33. The van der Waals surface area contributed by atoms with Gasteiger partial charge in [0, 0.05) is 25.6 Å². The van der Waals surface area contributed by atoms with E-state index in [2.05, 4.69) is 10.6 Å². The van der Waals surface area contributed by atoms with E-state index >= 15 is 0 Å². The summed E-state index contributed by atoms with van der Waals surface area (Å²) in [6, 6.07) is 0. The summed E-state index contributed by atoms with van der Waals surface area (Å²) >= 11 is 0. The van der Waals surface area contributed by atoms with Gasteiger partial charge in [0.15, 0.2) is 0 Å². The Morgan fingerprint density at radius 2 is 2.07 bits per heavy atom. The van der Waals surface area contributed by atoms with Gasteiger partial charge in [-0.2, -0.15) is 0 Å². The maximum absolute atomic E-state index is 11.4. The van der Waals surface area contributed by atoms with Gasteiger partial charge in [-0.05, 0) is 25.8 Å². The van der Waals surface area contributed by atoms with Crippen molar-refractivity contribution in [2.75, 3.05) is 26.7 Å². The van der Waals surface area contributed by atoms with Crippen molar-refractivity contribution in [3.63, 3.8) is 0 Å². The van der Waals surface area contributed by atoms with Crippen LogP contribution in [0.1, 0.15) is 26.7 Å². The minimum Gasteiger partial charge on any atom is -0.396 e. The molecular formula is C11H24N2O2. The predicted molar refractivity (Wildman–Crippen MR) is 61.6 cm³/mol. The normalized spacial score (nSPS) is 14.7. The summed E-state index contributed by atoms with van der Waals surface area (Å²) in [5, 5.41) is 14.7. The molecule has 90 valence electrons. The number of carbonyl (C=O) groups excluding carboxylic acids is 1. The lowest BCUT2D eigenvalue weighted by Gasteiger charge is -2.12. The third-order valence-corrected chi connectivity index (χ3v) is 2.44. The summed E-state index contributed by atoms with van der Waals surface area (Å²) in [6.07, 6.45) is 1.89. The van der Waals surface area contributed by atoms with E-state index in [0.29, 0.717) is 19.0 Å². The van der Waals surface area contributed by atoms with Crippen LogP contribution < -0.4 is 10.6 Å². The minimum atomic E-state index is 0.0188. The molecule has 0 aliphatic carbocycles. The summed E-state index contributed by atoms with van der Waals surface area (Å²) in [7, 11) is 1.84. The molecule has 4 heteroatoms. The summed E-state index contributed by atoms with van der Waals surface area (Å²) in [4.78, 5) is 11.4. The fraction of sp³-hybridized carbons (Fsp3) is 0.909. The zero-order valence-electron chi connectivity index (χ0n) is 10.0. The van der Waals surface area contributed by atoms with E-state index in [1.54, 1.807) is 0 Å². The lowest BCUT2D eigenvalue weighted by molar-refractivity contribution is -0.124. The van der Waals surface area contributed by atoms with E-state index in [-0.39, 0.29) is 18.4 Å². The van der Waals surface area contributed by atoms with E-state index in [0.717, 1.165) is 12.8 Å². The first-order valence-corrected chi connectivity index (χ1v) is 5.65. The molecule has 2 atom stereocenters. The van der Waals surface area contributed by atoms with Crippen LogP contribution in [0.15, 0.2) is 0 Å². The molecular weight excluding hydrogens is 192 g/mol. The van der Waals surface area contributed by atoms with Crippen molar-refractivity contribution < 1.29 is 9.90 Å². The Labute approximate surface area is 92.4 Å². The molecule has 0 aromatic rings. The van der Waals surface area contributed by atoms with E-state index in [1.807, 2.05) is 20.9 Å². The van der Waals surface area contributed by atoms with Gasteiger partial charge in [0.2, 0.25) is 5.91 Å². The second-order valence-corrected chi connectivity index (χ2v) is 4.18. The van der Waals surface area contributed by atoms with Crippen molar-refractivity contribution in [1.29, 1.82) is 0 Å². The molecule has 3 N–H and O–H groups in total. The summed E-state index contributed by atoms with van der Waals surface area (Å²) in [5.74, 6) is 0.447. The van der Waals surface area contributed by atoms with Crippen molar-refractivity contribution in [2.24, 2.45) is 11.8 Å². The average Bonchev–Trinajstić information content (AvgIpc) is 2.23. The zero-order chi connectivity index (χ0) is 11.7. The molecule has 0 aromatic heterocycles. The van der Waals surface area contributed by atoms with Crippen LogP contribution in [0.2, 0.25) is 0 Å². The number of nitrogens with one attached hydrogen (secondary N) is 2. The molecule has 1 amide bonds. The number of rotatable bonds is 8. The molecule has 0 saturated carbocycles. The van der Waals surface area contributed by atoms with Crippen LogP contribution in [0.25, 0.3) is 0 Å². The van der Waals surface area contributed by atoms with Gasteiger partial charge in [0.25, 0.3) is 0 Å². The van der Waals surface area contributed by atoms with Crippen LogP contribution >= 0.6 is 0 Å². The second-order valence-electron chi connectivity index (χ2n) is 4.18. The van der Waals surface area contributed by atoms with E-state index < -0.39 is 0 Å². The van der Waals surface area contributed by atoms with Crippen LogP contribution in [0.5, 0.6) is 0 Å². The smallest absolute Gasteiger partial charge is 0.224 e. The number of hydrogen-bond acceptors (Lipinski definition) is 3. The SMILES string of the molecule is CNCC(C)C(=O)NCCCC(C)CO. The molecule has 0 aliphatic rings. The highest BCUT2D eigenvalue weighted by Crippen LogP contribution is 2.02. The lowest BCUT2D eigenvalue weighted by Crippen LogP contribution is -2.34. The Balaban J connectivity index is 3.46. The number of aliphatic hydroxyl groups is 1. The quantitative estimate of drug-likeness (QED) is 0.514. The molecule has 0 heterocycles. The first-order valence-electron chi connectivity index (χ1n) is 5.65. The van der Waals surface area contributed by atoms with Crippen LogP contribution in [0.4, 0.5) is 0 Å². The van der Waals surface area contributed by atoms with Gasteiger partial charge in [-0.25, -0.2) is 0 Å². The highest BCUT2D eigenvalue weighted by atomic mass is 16.3. The van der Waals surface area contributed by atoms with Gasteiger partial charge >= 0.3 is 0 Å². The van der Waals surface area contributed by atoms with Crippen LogP contribution in [-0.4, -0.2) is 37.8 Å². The van der Waals surface area contributed by atoms with Gasteiger partial charge in [-0.3, -0.25) is 4.79 Å². The van der Waals surface area contributed by atoms with Crippen molar-refractivity contribution in [3.05, 3.63) is 0 Å². The van der Waals surface area contributed by atoms with Gasteiger partial charge in [0.05, 0.1) is 0 Å². The molecule has 0 spiro atoms. The topological polar surface area (TPSA) is 61.4 Å². The summed E-state index contributed by atoms with van der Waals surface area (Å²) in [5.41, 5.74) is 0. The third-order valence-electron chi connectivity index (χ3n) is 2.44. The molecule has 15 heavy (non-hydrogen) atoms. The van der Waals surface area contributed by atoms with Crippen molar-refractivity contribution in [2.45, 2.75) is 26.7 Å². The minimum absolute atomic E-state index is 0.0188. The Morgan fingerprint density at radius 1 is 1.40 bits per heavy atom. The molecule has 0 fully saturated rings. The highest BCUT2D eigenvalue weighted by Gasteiger charge is 2.10. The van der Waals surface area contributed by atoms with Gasteiger partial charge < -0.3 is 15.7 Å². The number of amides is 1. The Kier molecular flexibility index (Phi) is 8.33. The molecule has 0 saturated heterocycles. The maximum Gasteiger partial charge on any atom is 0.224 e. The predicted octanol–water partition coefficient (Wildman–Crippen LogP) is 0.367. The number of hydrogen-bond donors (Lipinski definition) is 3. The van der Waals surface area contributed by atoms with Crippen molar-refractivity contribution >= 4 is 5.91 Å². The van der Waals surface area contributed by atoms with Crippen LogP contribution in [0.3, 0.4) is 0 Å². The first-order chi connectivity index (χ1) is 7.11. The van der Waals surface area contributed by atoms with Gasteiger partial charge in [-0.15, -0.1) is 0 Å². The van der Waals surface area contributed by atoms with Crippen LogP contribution in [0, 0.1) is 11.8 Å². The Bertz CT molecular complexity index is 174. The molecule has 0 bridgehead atoms. The number of carbonyl (C=O) groups is 1. The highest BCUT2D eigenvalue weighted by molar-refractivity contribution is 5.78. The van der Waals surface area contributed by atoms with Gasteiger partial charge in [0.1, 0.15) is 0 Å². The summed E-state index contributed by atoms with van der Waals surface area (Å²) in [6.45, 7) is 5.55. The molecule has 0 radical (unpaired) electrons. The second kappa shape index (κ2) is 8.68. The average molecular weight is 216 g/mol. The van der Waals surface area contributed by atoms with Crippen molar-refractivity contribution in [1.82, 2.24) is 10.6 Å².